The summed E-state index contributed by atoms with van der Waals surface area (Å²) in [5.74, 6) is -0.416. The summed E-state index contributed by atoms with van der Waals surface area (Å²) >= 11 is 0. The number of aryl methyl sites for hydroxylation is 1. The third-order valence-corrected chi connectivity index (χ3v) is 3.17. The first-order chi connectivity index (χ1) is 8.97. The van der Waals surface area contributed by atoms with Crippen LogP contribution in [0.25, 0.3) is 0 Å². The third-order valence-electron chi connectivity index (χ3n) is 3.17. The average Bonchev–Trinajstić information content (AvgIpc) is 3.15. The molecule has 0 aliphatic heterocycles. The number of anilines is 1. The molecule has 0 bridgehead atoms. The summed E-state index contributed by atoms with van der Waals surface area (Å²) in [7, 11) is 0. The normalized spacial score (nSPS) is 15.7. The summed E-state index contributed by atoms with van der Waals surface area (Å²) in [5.41, 5.74) is 7.54. The number of amides is 2. The Morgan fingerprint density at radius 3 is 2.68 bits per heavy atom. The number of rotatable bonds is 4. The van der Waals surface area contributed by atoms with Crippen molar-refractivity contribution in [1.82, 2.24) is 10.6 Å². The van der Waals surface area contributed by atoms with Gasteiger partial charge in [0, 0.05) is 17.3 Å². The summed E-state index contributed by atoms with van der Waals surface area (Å²) < 4.78 is 0. The van der Waals surface area contributed by atoms with Gasteiger partial charge in [-0.25, -0.2) is 0 Å². The number of benzene rings is 1. The van der Waals surface area contributed by atoms with Crippen LogP contribution in [0.3, 0.4) is 0 Å². The van der Waals surface area contributed by atoms with Crippen LogP contribution in [-0.2, 0) is 4.79 Å². The van der Waals surface area contributed by atoms with Crippen molar-refractivity contribution in [3.05, 3.63) is 29.3 Å². The van der Waals surface area contributed by atoms with Crippen LogP contribution in [0.1, 0.15) is 35.7 Å². The number of carbonyl (C=O) groups excluding carboxylic acids is 2. The molecular formula is C14H19N3O2. The van der Waals surface area contributed by atoms with Gasteiger partial charge in [-0.3, -0.25) is 9.59 Å². The van der Waals surface area contributed by atoms with Crippen LogP contribution < -0.4 is 16.4 Å². The molecule has 4 N–H and O–H groups in total. The Bertz CT molecular complexity index is 509. The molecule has 5 nitrogen and oxygen atoms in total. The Morgan fingerprint density at radius 2 is 2.05 bits per heavy atom. The molecule has 1 aromatic rings. The van der Waals surface area contributed by atoms with E-state index < -0.39 is 6.04 Å². The van der Waals surface area contributed by atoms with Crippen molar-refractivity contribution in [1.29, 1.82) is 0 Å². The van der Waals surface area contributed by atoms with E-state index in [1.807, 2.05) is 6.92 Å². The molecule has 0 heterocycles. The highest BCUT2D eigenvalue weighted by Gasteiger charge is 2.26. The lowest BCUT2D eigenvalue weighted by Gasteiger charge is -2.15. The molecule has 1 atom stereocenters. The minimum Gasteiger partial charge on any atom is -0.399 e. The van der Waals surface area contributed by atoms with Gasteiger partial charge in [-0.1, -0.05) is 6.07 Å². The van der Waals surface area contributed by atoms with Crippen molar-refractivity contribution >= 4 is 17.5 Å². The van der Waals surface area contributed by atoms with Crippen molar-refractivity contribution in [2.75, 3.05) is 5.73 Å². The smallest absolute Gasteiger partial charge is 0.252 e. The second-order valence-corrected chi connectivity index (χ2v) is 5.05. The summed E-state index contributed by atoms with van der Waals surface area (Å²) in [6.45, 7) is 3.51. The minimum atomic E-state index is -0.547. The van der Waals surface area contributed by atoms with Crippen molar-refractivity contribution in [3.8, 4) is 0 Å². The molecule has 1 aliphatic carbocycles. The zero-order valence-corrected chi connectivity index (χ0v) is 11.2. The SMILES string of the molecule is Cc1ccc(N)cc1C(=O)NC(C)C(=O)NC1CC1. The molecule has 1 saturated carbocycles. The summed E-state index contributed by atoms with van der Waals surface area (Å²) in [6, 6.07) is 4.90. The van der Waals surface area contributed by atoms with E-state index >= 15 is 0 Å². The Labute approximate surface area is 112 Å². The minimum absolute atomic E-state index is 0.141. The fraction of sp³-hybridized carbons (Fsp3) is 0.429. The van der Waals surface area contributed by atoms with Crippen molar-refractivity contribution in [3.63, 3.8) is 0 Å². The van der Waals surface area contributed by atoms with Crippen molar-refractivity contribution in [2.24, 2.45) is 0 Å². The Kier molecular flexibility index (Phi) is 3.74. The van der Waals surface area contributed by atoms with Crippen LogP contribution >= 0.6 is 0 Å². The molecule has 1 aromatic carbocycles. The van der Waals surface area contributed by atoms with E-state index in [1.165, 1.54) is 0 Å². The zero-order valence-electron chi connectivity index (χ0n) is 11.2. The van der Waals surface area contributed by atoms with Crippen LogP contribution in [0.2, 0.25) is 0 Å². The lowest BCUT2D eigenvalue weighted by Crippen LogP contribution is -2.45. The van der Waals surface area contributed by atoms with Gasteiger partial charge in [0.05, 0.1) is 0 Å². The topological polar surface area (TPSA) is 84.2 Å². The maximum atomic E-state index is 12.1. The molecule has 19 heavy (non-hydrogen) atoms. The van der Waals surface area contributed by atoms with Crippen LogP contribution in [0, 0.1) is 6.92 Å². The molecule has 2 amide bonds. The molecule has 102 valence electrons. The monoisotopic (exact) mass is 261 g/mol. The summed E-state index contributed by atoms with van der Waals surface area (Å²) in [6.07, 6.45) is 2.06. The van der Waals surface area contributed by atoms with Gasteiger partial charge in [0.2, 0.25) is 5.91 Å². The molecule has 0 saturated heterocycles. The fourth-order valence-corrected chi connectivity index (χ4v) is 1.78. The van der Waals surface area contributed by atoms with E-state index in [0.717, 1.165) is 18.4 Å². The highest BCUT2D eigenvalue weighted by Crippen LogP contribution is 2.18. The van der Waals surface area contributed by atoms with Crippen molar-refractivity contribution in [2.45, 2.75) is 38.8 Å². The quantitative estimate of drug-likeness (QED) is 0.706. The molecule has 1 fully saturated rings. The first kappa shape index (κ1) is 13.4. The van der Waals surface area contributed by atoms with Gasteiger partial charge >= 0.3 is 0 Å². The van der Waals surface area contributed by atoms with Crippen LogP contribution in [0.5, 0.6) is 0 Å². The fourth-order valence-electron chi connectivity index (χ4n) is 1.78. The number of hydrogen-bond acceptors (Lipinski definition) is 3. The van der Waals surface area contributed by atoms with Gasteiger partial charge in [-0.15, -0.1) is 0 Å². The molecule has 1 aliphatic rings. The van der Waals surface area contributed by atoms with E-state index in [0.29, 0.717) is 17.3 Å². The lowest BCUT2D eigenvalue weighted by molar-refractivity contribution is -0.122. The number of carbonyl (C=O) groups is 2. The first-order valence-corrected chi connectivity index (χ1v) is 6.44. The zero-order chi connectivity index (χ0) is 14.0. The summed E-state index contributed by atoms with van der Waals surface area (Å²) in [4.78, 5) is 23.8. The number of nitrogen functional groups attached to an aromatic ring is 1. The highest BCUT2D eigenvalue weighted by molar-refractivity contribution is 5.99. The standard InChI is InChI=1S/C14H19N3O2/c1-8-3-4-10(15)7-12(8)14(19)16-9(2)13(18)17-11-5-6-11/h3-4,7,9,11H,5-6,15H2,1-2H3,(H,16,19)(H,17,18). The van der Waals surface area contributed by atoms with E-state index in [2.05, 4.69) is 10.6 Å². The van der Waals surface area contributed by atoms with Gasteiger partial charge < -0.3 is 16.4 Å². The molecule has 0 radical (unpaired) electrons. The van der Waals surface area contributed by atoms with E-state index in [9.17, 15) is 9.59 Å². The Hall–Kier alpha value is -2.04. The lowest BCUT2D eigenvalue weighted by atomic mass is 10.1. The molecule has 1 unspecified atom stereocenters. The van der Waals surface area contributed by atoms with Crippen LogP contribution in [0.15, 0.2) is 18.2 Å². The third kappa shape index (κ3) is 3.47. The predicted molar refractivity (Wildman–Crippen MR) is 73.7 cm³/mol. The van der Waals surface area contributed by atoms with Crippen molar-refractivity contribution < 1.29 is 9.59 Å². The first-order valence-electron chi connectivity index (χ1n) is 6.44. The molecule has 0 spiro atoms. The molecule has 2 rings (SSSR count). The molecular weight excluding hydrogens is 242 g/mol. The average molecular weight is 261 g/mol. The van der Waals surface area contributed by atoms with Crippen LogP contribution in [0.4, 0.5) is 5.69 Å². The molecule has 0 aromatic heterocycles. The number of hydrogen-bond donors (Lipinski definition) is 3. The Balaban J connectivity index is 1.99. The van der Waals surface area contributed by atoms with Gasteiger partial charge in [0.25, 0.3) is 5.91 Å². The maximum Gasteiger partial charge on any atom is 0.252 e. The van der Waals surface area contributed by atoms with Crippen LogP contribution in [-0.4, -0.2) is 23.9 Å². The van der Waals surface area contributed by atoms with Gasteiger partial charge in [0.1, 0.15) is 6.04 Å². The largest absolute Gasteiger partial charge is 0.399 e. The van der Waals surface area contributed by atoms with Gasteiger partial charge in [0.15, 0.2) is 0 Å². The predicted octanol–water partition coefficient (Wildman–Crippen LogP) is 0.974. The van der Waals surface area contributed by atoms with E-state index in [4.69, 9.17) is 5.73 Å². The second-order valence-electron chi connectivity index (χ2n) is 5.05. The number of nitrogens with one attached hydrogen (secondary N) is 2. The second kappa shape index (κ2) is 5.30. The molecule has 5 heteroatoms. The Morgan fingerprint density at radius 1 is 1.37 bits per heavy atom. The van der Waals surface area contributed by atoms with Gasteiger partial charge in [-0.2, -0.15) is 0 Å². The van der Waals surface area contributed by atoms with E-state index in [-0.39, 0.29) is 11.8 Å². The summed E-state index contributed by atoms with van der Waals surface area (Å²) in [5, 5.41) is 5.55. The highest BCUT2D eigenvalue weighted by atomic mass is 16.2. The van der Waals surface area contributed by atoms with Gasteiger partial charge in [-0.05, 0) is 44.4 Å². The number of nitrogens with two attached hydrogens (primary N) is 1. The maximum absolute atomic E-state index is 12.1. The van der Waals surface area contributed by atoms with E-state index in [1.54, 1.807) is 25.1 Å².